The summed E-state index contributed by atoms with van der Waals surface area (Å²) in [5.41, 5.74) is 1.45. The Bertz CT molecular complexity index is 520. The highest BCUT2D eigenvalue weighted by molar-refractivity contribution is 6.07. The van der Waals surface area contributed by atoms with Crippen molar-refractivity contribution in [1.29, 1.82) is 0 Å². The molecule has 4 nitrogen and oxygen atoms in total. The molecular formula is C16H19NO3. The first-order chi connectivity index (χ1) is 9.77. The molecule has 2 aliphatic heterocycles. The Morgan fingerprint density at radius 2 is 2.10 bits per heavy atom. The van der Waals surface area contributed by atoms with Crippen LogP contribution in [0.5, 0.6) is 0 Å². The normalized spacial score (nSPS) is 23.1. The average Bonchev–Trinajstić information content (AvgIpc) is 2.67. The van der Waals surface area contributed by atoms with Gasteiger partial charge in [0.15, 0.2) is 5.78 Å². The second kappa shape index (κ2) is 5.75. The van der Waals surface area contributed by atoms with Crippen LogP contribution >= 0.6 is 0 Å². The zero-order valence-electron chi connectivity index (χ0n) is 11.5. The Morgan fingerprint density at radius 1 is 1.25 bits per heavy atom. The SMILES string of the molecule is O=C1CCCN(C(=O)C2CCCOC2)c2ccccc21. The molecule has 20 heavy (non-hydrogen) atoms. The quantitative estimate of drug-likeness (QED) is 0.789. The van der Waals surface area contributed by atoms with Crippen molar-refractivity contribution >= 4 is 17.4 Å². The molecule has 1 aromatic rings. The Hall–Kier alpha value is -1.68. The molecule has 0 N–H and O–H groups in total. The lowest BCUT2D eigenvalue weighted by molar-refractivity contribution is -0.126. The number of hydrogen-bond donors (Lipinski definition) is 0. The number of nitrogens with zero attached hydrogens (tertiary/aromatic N) is 1. The van der Waals surface area contributed by atoms with Crippen LogP contribution in [0.3, 0.4) is 0 Å². The van der Waals surface area contributed by atoms with Gasteiger partial charge in [-0.1, -0.05) is 12.1 Å². The third-order valence-corrected chi connectivity index (χ3v) is 4.06. The summed E-state index contributed by atoms with van der Waals surface area (Å²) in [5, 5.41) is 0. The number of hydrogen-bond acceptors (Lipinski definition) is 3. The van der Waals surface area contributed by atoms with Crippen molar-refractivity contribution in [2.75, 3.05) is 24.7 Å². The molecule has 1 unspecified atom stereocenters. The van der Waals surface area contributed by atoms with Crippen molar-refractivity contribution in [3.8, 4) is 0 Å². The first-order valence-electron chi connectivity index (χ1n) is 7.29. The molecule has 1 amide bonds. The maximum Gasteiger partial charge on any atom is 0.232 e. The molecule has 0 aliphatic carbocycles. The first-order valence-corrected chi connectivity index (χ1v) is 7.29. The van der Waals surface area contributed by atoms with E-state index >= 15 is 0 Å². The van der Waals surface area contributed by atoms with Gasteiger partial charge in [0.25, 0.3) is 0 Å². The molecule has 0 aromatic heterocycles. The van der Waals surface area contributed by atoms with Gasteiger partial charge in [0.1, 0.15) is 0 Å². The van der Waals surface area contributed by atoms with Crippen molar-refractivity contribution < 1.29 is 14.3 Å². The Kier molecular flexibility index (Phi) is 3.83. The summed E-state index contributed by atoms with van der Waals surface area (Å²) in [5.74, 6) is 0.174. The number of ketones is 1. The number of ether oxygens (including phenoxy) is 1. The van der Waals surface area contributed by atoms with Crippen LogP contribution in [-0.2, 0) is 9.53 Å². The van der Waals surface area contributed by atoms with E-state index in [0.29, 0.717) is 25.1 Å². The number of para-hydroxylation sites is 1. The largest absolute Gasteiger partial charge is 0.381 e. The van der Waals surface area contributed by atoms with Crippen LogP contribution < -0.4 is 4.90 Å². The zero-order chi connectivity index (χ0) is 13.9. The van der Waals surface area contributed by atoms with Crippen molar-refractivity contribution in [3.63, 3.8) is 0 Å². The summed E-state index contributed by atoms with van der Waals surface area (Å²) in [6.07, 6.45) is 3.06. The number of carbonyl (C=O) groups excluding carboxylic acids is 2. The molecule has 1 saturated heterocycles. The smallest absolute Gasteiger partial charge is 0.232 e. The van der Waals surface area contributed by atoms with Gasteiger partial charge >= 0.3 is 0 Å². The molecule has 4 heteroatoms. The van der Waals surface area contributed by atoms with Gasteiger partial charge in [-0.15, -0.1) is 0 Å². The zero-order valence-corrected chi connectivity index (χ0v) is 11.5. The molecule has 0 radical (unpaired) electrons. The summed E-state index contributed by atoms with van der Waals surface area (Å²) in [7, 11) is 0. The van der Waals surface area contributed by atoms with E-state index in [1.54, 1.807) is 4.90 Å². The number of fused-ring (bicyclic) bond motifs is 1. The predicted octanol–water partition coefficient (Wildman–Crippen LogP) is 2.42. The van der Waals surface area contributed by atoms with E-state index in [-0.39, 0.29) is 17.6 Å². The van der Waals surface area contributed by atoms with E-state index in [2.05, 4.69) is 0 Å². The van der Waals surface area contributed by atoms with E-state index in [9.17, 15) is 9.59 Å². The highest BCUT2D eigenvalue weighted by Gasteiger charge is 2.30. The number of carbonyl (C=O) groups is 2. The average molecular weight is 273 g/mol. The van der Waals surface area contributed by atoms with E-state index in [1.165, 1.54) is 0 Å². The first kappa shape index (κ1) is 13.3. The maximum absolute atomic E-state index is 12.7. The molecular weight excluding hydrogens is 254 g/mol. The van der Waals surface area contributed by atoms with E-state index in [1.807, 2.05) is 24.3 Å². The lowest BCUT2D eigenvalue weighted by Crippen LogP contribution is -2.40. The van der Waals surface area contributed by atoms with Crippen molar-refractivity contribution in [2.45, 2.75) is 25.7 Å². The van der Waals surface area contributed by atoms with Crippen LogP contribution in [0.2, 0.25) is 0 Å². The van der Waals surface area contributed by atoms with Gasteiger partial charge in [0.2, 0.25) is 5.91 Å². The lowest BCUT2D eigenvalue weighted by atomic mass is 10.00. The lowest BCUT2D eigenvalue weighted by Gasteiger charge is -2.29. The molecule has 0 saturated carbocycles. The van der Waals surface area contributed by atoms with Gasteiger partial charge in [0.05, 0.1) is 18.2 Å². The van der Waals surface area contributed by atoms with Gasteiger partial charge in [-0.25, -0.2) is 0 Å². The summed E-state index contributed by atoms with van der Waals surface area (Å²) < 4.78 is 5.42. The molecule has 1 aromatic carbocycles. The summed E-state index contributed by atoms with van der Waals surface area (Å²) in [6.45, 7) is 1.88. The Morgan fingerprint density at radius 3 is 2.90 bits per heavy atom. The Balaban J connectivity index is 1.90. The molecule has 2 heterocycles. The second-order valence-corrected chi connectivity index (χ2v) is 5.45. The highest BCUT2D eigenvalue weighted by atomic mass is 16.5. The number of Topliss-reactive ketones (excluding diaryl/α,β-unsaturated/α-hetero) is 1. The van der Waals surface area contributed by atoms with Crippen molar-refractivity contribution in [3.05, 3.63) is 29.8 Å². The summed E-state index contributed by atoms with van der Waals surface area (Å²) in [6, 6.07) is 7.43. The van der Waals surface area contributed by atoms with Gasteiger partial charge in [-0.3, -0.25) is 9.59 Å². The monoisotopic (exact) mass is 273 g/mol. The van der Waals surface area contributed by atoms with Crippen LogP contribution in [0.1, 0.15) is 36.0 Å². The minimum atomic E-state index is -0.0648. The number of anilines is 1. The van der Waals surface area contributed by atoms with Crippen molar-refractivity contribution in [1.82, 2.24) is 0 Å². The van der Waals surface area contributed by atoms with Crippen LogP contribution in [0.4, 0.5) is 5.69 Å². The predicted molar refractivity (Wildman–Crippen MR) is 75.9 cm³/mol. The molecule has 0 bridgehead atoms. The van der Waals surface area contributed by atoms with Crippen LogP contribution in [0.15, 0.2) is 24.3 Å². The maximum atomic E-state index is 12.7. The fourth-order valence-electron chi connectivity index (χ4n) is 2.98. The minimum Gasteiger partial charge on any atom is -0.381 e. The standard InChI is InChI=1S/C16H19NO3/c18-15-8-3-9-17(14-7-2-1-6-13(14)15)16(19)12-5-4-10-20-11-12/h1-2,6-7,12H,3-5,8-11H2. The van der Waals surface area contributed by atoms with Crippen LogP contribution in [-0.4, -0.2) is 31.4 Å². The number of benzene rings is 1. The molecule has 2 aliphatic rings. The van der Waals surface area contributed by atoms with Crippen LogP contribution in [0.25, 0.3) is 0 Å². The van der Waals surface area contributed by atoms with Gasteiger partial charge < -0.3 is 9.64 Å². The van der Waals surface area contributed by atoms with E-state index in [0.717, 1.165) is 31.6 Å². The molecule has 3 rings (SSSR count). The second-order valence-electron chi connectivity index (χ2n) is 5.45. The summed E-state index contributed by atoms with van der Waals surface area (Å²) >= 11 is 0. The van der Waals surface area contributed by atoms with Crippen molar-refractivity contribution in [2.24, 2.45) is 5.92 Å². The Labute approximate surface area is 118 Å². The fraction of sp³-hybridized carbons (Fsp3) is 0.500. The topological polar surface area (TPSA) is 46.6 Å². The highest BCUT2D eigenvalue weighted by Crippen LogP contribution is 2.28. The molecule has 0 spiro atoms. The van der Waals surface area contributed by atoms with E-state index < -0.39 is 0 Å². The minimum absolute atomic E-state index is 0.0648. The fourth-order valence-corrected chi connectivity index (χ4v) is 2.98. The van der Waals surface area contributed by atoms with Gasteiger partial charge in [-0.2, -0.15) is 0 Å². The summed E-state index contributed by atoms with van der Waals surface area (Å²) in [4.78, 5) is 26.6. The van der Waals surface area contributed by atoms with Gasteiger partial charge in [-0.05, 0) is 31.4 Å². The van der Waals surface area contributed by atoms with Crippen LogP contribution in [0, 0.1) is 5.92 Å². The van der Waals surface area contributed by atoms with E-state index in [4.69, 9.17) is 4.74 Å². The molecule has 106 valence electrons. The molecule has 1 atom stereocenters. The third-order valence-electron chi connectivity index (χ3n) is 4.06. The number of rotatable bonds is 1. The van der Waals surface area contributed by atoms with Gasteiger partial charge in [0, 0.05) is 25.1 Å². The third kappa shape index (κ3) is 2.48. The number of amides is 1. The molecule has 1 fully saturated rings.